The van der Waals surface area contributed by atoms with E-state index in [0.717, 1.165) is 23.8 Å². The van der Waals surface area contributed by atoms with Gasteiger partial charge in [-0.1, -0.05) is 20.8 Å². The lowest BCUT2D eigenvalue weighted by molar-refractivity contribution is 0.0876. The first-order valence-corrected chi connectivity index (χ1v) is 8.63. The normalized spacial score (nSPS) is 33.8. The lowest BCUT2D eigenvalue weighted by Gasteiger charge is -2.41. The zero-order valence-electron chi connectivity index (χ0n) is 13.3. The molecule has 0 spiro atoms. The zero-order chi connectivity index (χ0) is 13.7. The molecule has 1 saturated heterocycles. The van der Waals surface area contributed by atoms with E-state index in [1.807, 2.05) is 0 Å². The molecule has 0 amide bonds. The van der Waals surface area contributed by atoms with Crippen molar-refractivity contribution < 1.29 is 0 Å². The maximum atomic E-state index is 3.50. The average molecular weight is 266 g/mol. The van der Waals surface area contributed by atoms with Gasteiger partial charge in [0.15, 0.2) is 0 Å². The van der Waals surface area contributed by atoms with E-state index < -0.39 is 0 Å². The van der Waals surface area contributed by atoms with Gasteiger partial charge in [0, 0.05) is 12.6 Å². The highest BCUT2D eigenvalue weighted by atomic mass is 15.2. The quantitative estimate of drug-likeness (QED) is 0.819. The number of hydrogen-bond donors (Lipinski definition) is 1. The van der Waals surface area contributed by atoms with Crippen LogP contribution >= 0.6 is 0 Å². The molecular formula is C17H34N2. The van der Waals surface area contributed by atoms with Gasteiger partial charge in [-0.05, 0) is 75.9 Å². The summed E-state index contributed by atoms with van der Waals surface area (Å²) in [5.74, 6) is 2.81. The molecule has 1 N–H and O–H groups in total. The second-order valence-electron chi connectivity index (χ2n) is 7.26. The summed E-state index contributed by atoms with van der Waals surface area (Å²) in [5.41, 5.74) is 0. The van der Waals surface area contributed by atoms with Crippen LogP contribution in [0.4, 0.5) is 0 Å². The third-order valence-electron chi connectivity index (χ3n) is 5.13. The monoisotopic (exact) mass is 266 g/mol. The second-order valence-corrected chi connectivity index (χ2v) is 7.26. The van der Waals surface area contributed by atoms with Crippen molar-refractivity contribution in [2.75, 3.05) is 26.2 Å². The van der Waals surface area contributed by atoms with Gasteiger partial charge >= 0.3 is 0 Å². The summed E-state index contributed by atoms with van der Waals surface area (Å²) >= 11 is 0. The molecule has 1 aliphatic carbocycles. The summed E-state index contributed by atoms with van der Waals surface area (Å²) in [6.45, 7) is 12.4. The molecular weight excluding hydrogens is 232 g/mol. The number of rotatable bonds is 5. The van der Waals surface area contributed by atoms with Crippen LogP contribution in [0.3, 0.4) is 0 Å². The van der Waals surface area contributed by atoms with Crippen LogP contribution in [-0.4, -0.2) is 37.1 Å². The van der Waals surface area contributed by atoms with Crippen LogP contribution in [0.1, 0.15) is 59.3 Å². The van der Waals surface area contributed by atoms with Gasteiger partial charge < -0.3 is 10.2 Å². The standard InChI is InChI=1S/C17H34N2/c1-4-9-19(13-16-5-7-18-8-6-16)17-11-14(2)10-15(3)12-17/h14-18H,4-13H2,1-3H3. The Labute approximate surface area is 120 Å². The first-order chi connectivity index (χ1) is 9.19. The summed E-state index contributed by atoms with van der Waals surface area (Å²) < 4.78 is 0. The molecule has 112 valence electrons. The highest BCUT2D eigenvalue weighted by Crippen LogP contribution is 2.32. The van der Waals surface area contributed by atoms with E-state index in [-0.39, 0.29) is 0 Å². The summed E-state index contributed by atoms with van der Waals surface area (Å²) in [7, 11) is 0. The van der Waals surface area contributed by atoms with E-state index in [1.165, 1.54) is 64.7 Å². The molecule has 2 fully saturated rings. The maximum Gasteiger partial charge on any atom is 0.0100 e. The fourth-order valence-electron chi connectivity index (χ4n) is 4.31. The van der Waals surface area contributed by atoms with Crippen molar-refractivity contribution in [1.82, 2.24) is 10.2 Å². The smallest absolute Gasteiger partial charge is 0.0100 e. The molecule has 2 aliphatic rings. The Bertz CT molecular complexity index is 238. The molecule has 2 nitrogen and oxygen atoms in total. The van der Waals surface area contributed by atoms with E-state index in [1.54, 1.807) is 0 Å². The van der Waals surface area contributed by atoms with E-state index >= 15 is 0 Å². The molecule has 0 aromatic carbocycles. The van der Waals surface area contributed by atoms with Crippen molar-refractivity contribution in [1.29, 1.82) is 0 Å². The molecule has 1 heterocycles. The molecule has 2 unspecified atom stereocenters. The van der Waals surface area contributed by atoms with Crippen LogP contribution in [0.25, 0.3) is 0 Å². The van der Waals surface area contributed by atoms with Crippen LogP contribution in [0.15, 0.2) is 0 Å². The highest BCUT2D eigenvalue weighted by molar-refractivity contribution is 4.84. The van der Waals surface area contributed by atoms with E-state index in [0.29, 0.717) is 0 Å². The van der Waals surface area contributed by atoms with Crippen LogP contribution in [0, 0.1) is 17.8 Å². The molecule has 19 heavy (non-hydrogen) atoms. The lowest BCUT2D eigenvalue weighted by atomic mass is 9.79. The van der Waals surface area contributed by atoms with Crippen molar-refractivity contribution in [2.45, 2.75) is 65.3 Å². The minimum atomic E-state index is 0.869. The number of nitrogens with zero attached hydrogens (tertiary/aromatic N) is 1. The van der Waals surface area contributed by atoms with Gasteiger partial charge in [0.25, 0.3) is 0 Å². The largest absolute Gasteiger partial charge is 0.317 e. The van der Waals surface area contributed by atoms with Gasteiger partial charge in [0.05, 0.1) is 0 Å². The SMILES string of the molecule is CCCN(CC1CCNCC1)C1CC(C)CC(C)C1. The minimum absolute atomic E-state index is 0.869. The lowest BCUT2D eigenvalue weighted by Crippen LogP contribution is -2.45. The topological polar surface area (TPSA) is 15.3 Å². The van der Waals surface area contributed by atoms with Gasteiger partial charge in [0.2, 0.25) is 0 Å². The summed E-state index contributed by atoms with van der Waals surface area (Å²) in [6.07, 6.45) is 8.41. The van der Waals surface area contributed by atoms with Gasteiger partial charge in [-0.3, -0.25) is 0 Å². The molecule has 0 radical (unpaired) electrons. The van der Waals surface area contributed by atoms with Crippen LogP contribution in [0.5, 0.6) is 0 Å². The third-order valence-corrected chi connectivity index (χ3v) is 5.13. The Morgan fingerprint density at radius 2 is 1.63 bits per heavy atom. The molecule has 1 aliphatic heterocycles. The van der Waals surface area contributed by atoms with Crippen molar-refractivity contribution >= 4 is 0 Å². The predicted octanol–water partition coefficient (Wildman–Crippen LogP) is 3.52. The molecule has 0 aromatic heterocycles. The molecule has 1 saturated carbocycles. The average Bonchev–Trinajstić information content (AvgIpc) is 2.38. The predicted molar refractivity (Wildman–Crippen MR) is 83.4 cm³/mol. The van der Waals surface area contributed by atoms with Gasteiger partial charge in [0.1, 0.15) is 0 Å². The zero-order valence-corrected chi connectivity index (χ0v) is 13.3. The molecule has 2 heteroatoms. The summed E-state index contributed by atoms with van der Waals surface area (Å²) in [6, 6.07) is 0.869. The van der Waals surface area contributed by atoms with E-state index in [9.17, 15) is 0 Å². The molecule has 2 atom stereocenters. The third kappa shape index (κ3) is 4.75. The van der Waals surface area contributed by atoms with E-state index in [2.05, 4.69) is 31.0 Å². The Morgan fingerprint density at radius 3 is 2.21 bits per heavy atom. The van der Waals surface area contributed by atoms with Gasteiger partial charge in [-0.2, -0.15) is 0 Å². The van der Waals surface area contributed by atoms with Crippen molar-refractivity contribution in [3.63, 3.8) is 0 Å². The second kappa shape index (κ2) is 7.64. The van der Waals surface area contributed by atoms with Gasteiger partial charge in [-0.15, -0.1) is 0 Å². The van der Waals surface area contributed by atoms with Crippen LogP contribution < -0.4 is 5.32 Å². The fourth-order valence-corrected chi connectivity index (χ4v) is 4.31. The Balaban J connectivity index is 1.89. The number of hydrogen-bond acceptors (Lipinski definition) is 2. The Hall–Kier alpha value is -0.0800. The van der Waals surface area contributed by atoms with E-state index in [4.69, 9.17) is 0 Å². The van der Waals surface area contributed by atoms with Crippen LogP contribution in [-0.2, 0) is 0 Å². The van der Waals surface area contributed by atoms with Crippen molar-refractivity contribution in [2.24, 2.45) is 17.8 Å². The number of piperidine rings is 1. The molecule has 0 bridgehead atoms. The Kier molecular flexibility index (Phi) is 6.15. The van der Waals surface area contributed by atoms with Gasteiger partial charge in [-0.25, -0.2) is 0 Å². The van der Waals surface area contributed by atoms with Crippen LogP contribution in [0.2, 0.25) is 0 Å². The Morgan fingerprint density at radius 1 is 1.00 bits per heavy atom. The molecule has 0 aromatic rings. The first-order valence-electron chi connectivity index (χ1n) is 8.63. The van der Waals surface area contributed by atoms with Crippen molar-refractivity contribution in [3.8, 4) is 0 Å². The first kappa shape index (κ1) is 15.3. The summed E-state index contributed by atoms with van der Waals surface area (Å²) in [5, 5.41) is 3.50. The maximum absolute atomic E-state index is 3.50. The fraction of sp³-hybridized carbons (Fsp3) is 1.00. The highest BCUT2D eigenvalue weighted by Gasteiger charge is 2.29. The van der Waals surface area contributed by atoms with Crippen molar-refractivity contribution in [3.05, 3.63) is 0 Å². The number of nitrogens with one attached hydrogen (secondary N) is 1. The minimum Gasteiger partial charge on any atom is -0.317 e. The molecule has 2 rings (SSSR count). The summed E-state index contributed by atoms with van der Waals surface area (Å²) in [4.78, 5) is 2.85.